The summed E-state index contributed by atoms with van der Waals surface area (Å²) >= 11 is 0. The lowest BCUT2D eigenvalue weighted by Gasteiger charge is -2.33. The Morgan fingerprint density at radius 2 is 1.73 bits per heavy atom. The van der Waals surface area contributed by atoms with Crippen molar-refractivity contribution >= 4 is 33.2 Å². The van der Waals surface area contributed by atoms with Crippen LogP contribution in [0.3, 0.4) is 0 Å². The normalized spacial score (nSPS) is 12.4. The van der Waals surface area contributed by atoms with Gasteiger partial charge in [0, 0.05) is 24.2 Å². The molecule has 0 bridgehead atoms. The molecular formula is C25H34N4O7S. The monoisotopic (exact) mass is 534 g/mol. The van der Waals surface area contributed by atoms with Gasteiger partial charge in [-0.25, -0.2) is 8.42 Å². The Morgan fingerprint density at radius 3 is 2.22 bits per heavy atom. The number of anilines is 1. The second-order valence-electron chi connectivity index (χ2n) is 9.81. The third kappa shape index (κ3) is 8.17. The smallest absolute Gasteiger partial charge is 0.271 e. The van der Waals surface area contributed by atoms with Crippen LogP contribution in [-0.2, 0) is 26.2 Å². The van der Waals surface area contributed by atoms with Crippen LogP contribution in [0.1, 0.15) is 38.8 Å². The molecule has 0 aromatic heterocycles. The number of nitrogens with one attached hydrogen (secondary N) is 1. The van der Waals surface area contributed by atoms with Gasteiger partial charge in [-0.2, -0.15) is 0 Å². The van der Waals surface area contributed by atoms with Crippen molar-refractivity contribution in [1.29, 1.82) is 0 Å². The Bertz CT molecular complexity index is 1250. The van der Waals surface area contributed by atoms with E-state index < -0.39 is 44.9 Å². The minimum absolute atomic E-state index is 0.0347. The molecule has 2 rings (SSSR count). The van der Waals surface area contributed by atoms with E-state index in [4.69, 9.17) is 4.74 Å². The van der Waals surface area contributed by atoms with Crippen LogP contribution in [0.15, 0.2) is 42.5 Å². The minimum atomic E-state index is -4.09. The van der Waals surface area contributed by atoms with Crippen molar-refractivity contribution in [3.8, 4) is 5.75 Å². The maximum Gasteiger partial charge on any atom is 0.271 e. The first-order valence-corrected chi connectivity index (χ1v) is 13.4. The van der Waals surface area contributed by atoms with Crippen LogP contribution in [0.4, 0.5) is 11.4 Å². The molecule has 0 saturated carbocycles. The molecule has 0 radical (unpaired) electrons. The molecule has 0 saturated heterocycles. The number of non-ortho nitro benzene ring substituents is 1. The first kappa shape index (κ1) is 29.6. The van der Waals surface area contributed by atoms with Gasteiger partial charge in [0.1, 0.15) is 24.0 Å². The Balaban J connectivity index is 2.52. The van der Waals surface area contributed by atoms with Crippen molar-refractivity contribution in [3.63, 3.8) is 0 Å². The van der Waals surface area contributed by atoms with Crippen LogP contribution >= 0.6 is 0 Å². The topological polar surface area (TPSA) is 139 Å². The van der Waals surface area contributed by atoms with E-state index in [1.165, 1.54) is 24.1 Å². The van der Waals surface area contributed by atoms with Crippen LogP contribution < -0.4 is 14.4 Å². The van der Waals surface area contributed by atoms with Crippen LogP contribution in [0.2, 0.25) is 0 Å². The fraction of sp³-hybridized carbons (Fsp3) is 0.440. The lowest BCUT2D eigenvalue weighted by Crippen LogP contribution is -2.54. The quantitative estimate of drug-likeness (QED) is 0.365. The largest absolute Gasteiger partial charge is 0.495 e. The maximum absolute atomic E-state index is 13.6. The molecule has 2 aromatic rings. The summed E-state index contributed by atoms with van der Waals surface area (Å²) < 4.78 is 31.5. The predicted molar refractivity (Wildman–Crippen MR) is 141 cm³/mol. The summed E-state index contributed by atoms with van der Waals surface area (Å²) in [5.41, 5.74) is 0.675. The Morgan fingerprint density at radius 1 is 1.14 bits per heavy atom. The number of carbonyl (C=O) groups excluding carboxylic acids is 2. The summed E-state index contributed by atoms with van der Waals surface area (Å²) in [7, 11) is -2.80. The highest BCUT2D eigenvalue weighted by Gasteiger charge is 2.32. The number of aryl methyl sites for hydroxylation is 1. The third-order valence-electron chi connectivity index (χ3n) is 5.46. The molecule has 0 spiro atoms. The Hall–Kier alpha value is -3.67. The maximum atomic E-state index is 13.6. The van der Waals surface area contributed by atoms with E-state index in [1.807, 2.05) is 52.0 Å². The van der Waals surface area contributed by atoms with Crippen LogP contribution in [0.25, 0.3) is 0 Å². The zero-order chi connectivity index (χ0) is 28.1. The van der Waals surface area contributed by atoms with Crippen LogP contribution in [0, 0.1) is 17.0 Å². The van der Waals surface area contributed by atoms with Crippen molar-refractivity contribution in [2.45, 2.75) is 52.7 Å². The summed E-state index contributed by atoms with van der Waals surface area (Å²) in [5, 5.41) is 14.2. The molecule has 2 amide bonds. The highest BCUT2D eigenvalue weighted by Crippen LogP contribution is 2.34. The van der Waals surface area contributed by atoms with Crippen molar-refractivity contribution in [2.24, 2.45) is 0 Å². The molecule has 0 unspecified atom stereocenters. The number of sulfonamides is 1. The van der Waals surface area contributed by atoms with Gasteiger partial charge in [0.25, 0.3) is 5.69 Å². The van der Waals surface area contributed by atoms with Gasteiger partial charge >= 0.3 is 0 Å². The van der Waals surface area contributed by atoms with Gasteiger partial charge in [-0.1, -0.05) is 29.8 Å². The second kappa shape index (κ2) is 11.6. The fourth-order valence-corrected chi connectivity index (χ4v) is 4.37. The first-order valence-electron chi connectivity index (χ1n) is 11.5. The zero-order valence-corrected chi connectivity index (χ0v) is 23.0. The number of amides is 2. The SMILES string of the molecule is COc1ccc([N+](=O)[O-])cc1N(CC(=O)N(Cc1ccc(C)cc1)[C@@H](C)C(=O)NC(C)(C)C)S(C)(=O)=O. The third-order valence-corrected chi connectivity index (χ3v) is 6.59. The van der Waals surface area contributed by atoms with E-state index in [-0.39, 0.29) is 23.7 Å². The molecule has 0 heterocycles. The highest BCUT2D eigenvalue weighted by molar-refractivity contribution is 7.92. The van der Waals surface area contributed by atoms with Gasteiger partial charge < -0.3 is 15.0 Å². The molecule has 0 aliphatic heterocycles. The van der Waals surface area contributed by atoms with Gasteiger partial charge in [0.2, 0.25) is 21.8 Å². The van der Waals surface area contributed by atoms with Gasteiger partial charge in [-0.3, -0.25) is 24.0 Å². The van der Waals surface area contributed by atoms with E-state index in [0.717, 1.165) is 27.8 Å². The molecular weight excluding hydrogens is 500 g/mol. The van der Waals surface area contributed by atoms with E-state index in [2.05, 4.69) is 5.32 Å². The van der Waals surface area contributed by atoms with Crippen molar-refractivity contribution in [1.82, 2.24) is 10.2 Å². The predicted octanol–water partition coefficient (Wildman–Crippen LogP) is 3.01. The molecule has 1 atom stereocenters. The van der Waals surface area contributed by atoms with Gasteiger partial charge in [0.05, 0.1) is 18.3 Å². The Labute approximate surface area is 217 Å². The fourth-order valence-electron chi connectivity index (χ4n) is 3.53. The molecule has 0 aliphatic rings. The van der Waals surface area contributed by atoms with Crippen molar-refractivity contribution in [2.75, 3.05) is 24.2 Å². The molecule has 202 valence electrons. The number of nitrogens with zero attached hydrogens (tertiary/aromatic N) is 3. The van der Waals surface area contributed by atoms with Crippen LogP contribution in [-0.4, -0.2) is 61.5 Å². The molecule has 11 nitrogen and oxygen atoms in total. The summed E-state index contributed by atoms with van der Waals surface area (Å²) in [5.74, 6) is -1.05. The van der Waals surface area contributed by atoms with Gasteiger partial charge in [-0.15, -0.1) is 0 Å². The average Bonchev–Trinajstić information content (AvgIpc) is 2.79. The van der Waals surface area contributed by atoms with Gasteiger partial charge in [-0.05, 0) is 46.2 Å². The van der Waals surface area contributed by atoms with Gasteiger partial charge in [0.15, 0.2) is 0 Å². The number of nitro groups is 1. The summed E-state index contributed by atoms with van der Waals surface area (Å²) in [6.45, 7) is 8.25. The van der Waals surface area contributed by atoms with Crippen molar-refractivity contribution < 1.29 is 27.7 Å². The number of benzene rings is 2. The molecule has 1 N–H and O–H groups in total. The number of hydrogen-bond donors (Lipinski definition) is 1. The molecule has 2 aromatic carbocycles. The summed E-state index contributed by atoms with van der Waals surface area (Å²) in [6, 6.07) is 9.91. The zero-order valence-electron chi connectivity index (χ0n) is 22.1. The molecule has 0 fully saturated rings. The number of hydrogen-bond acceptors (Lipinski definition) is 7. The lowest BCUT2D eigenvalue weighted by molar-refractivity contribution is -0.384. The molecule has 0 aliphatic carbocycles. The average molecular weight is 535 g/mol. The summed E-state index contributed by atoms with van der Waals surface area (Å²) in [4.78, 5) is 38.6. The number of methoxy groups -OCH3 is 1. The van der Waals surface area contributed by atoms with E-state index >= 15 is 0 Å². The first-order chi connectivity index (χ1) is 17.0. The molecule has 12 heteroatoms. The van der Waals surface area contributed by atoms with E-state index in [0.29, 0.717) is 0 Å². The number of rotatable bonds is 10. The standard InChI is InChI=1S/C25H34N4O7S/c1-17-8-10-19(11-9-17)15-27(18(2)24(31)26-25(3,4)5)23(30)16-28(37(7,34)35)21-14-20(29(32)33)12-13-22(21)36-6/h8-14,18H,15-16H2,1-7H3,(H,26,31)/t18-/m0/s1. The van der Waals surface area contributed by atoms with Crippen molar-refractivity contribution in [3.05, 3.63) is 63.7 Å². The highest BCUT2D eigenvalue weighted by atomic mass is 32.2. The summed E-state index contributed by atoms with van der Waals surface area (Å²) in [6.07, 6.45) is 0.888. The number of nitro benzene ring substituents is 1. The van der Waals surface area contributed by atoms with E-state index in [9.17, 15) is 28.1 Å². The molecule has 37 heavy (non-hydrogen) atoms. The number of ether oxygens (including phenoxy) is 1. The van der Waals surface area contributed by atoms with Crippen LogP contribution in [0.5, 0.6) is 5.75 Å². The Kier molecular flexibility index (Phi) is 9.26. The lowest BCUT2D eigenvalue weighted by atomic mass is 10.1. The number of carbonyl (C=O) groups is 2. The van der Waals surface area contributed by atoms with E-state index in [1.54, 1.807) is 6.92 Å². The minimum Gasteiger partial charge on any atom is -0.495 e. The second-order valence-corrected chi connectivity index (χ2v) is 11.7.